The summed E-state index contributed by atoms with van der Waals surface area (Å²) in [5, 5.41) is 0.478. The Morgan fingerprint density at radius 3 is 2.00 bits per heavy atom. The normalized spacial score (nSPS) is 15.6. The SMILES string of the molecule is COc1ccc(N2C(=S)N(c3ccc(Cc4ccccc4)cc3)C(=O)C2(C)C)cc1. The fraction of sp³-hybridized carbons (Fsp3) is 0.200. The maximum Gasteiger partial charge on any atom is 0.259 e. The summed E-state index contributed by atoms with van der Waals surface area (Å²) in [6.07, 6.45) is 0.850. The number of carbonyl (C=O) groups is 1. The summed E-state index contributed by atoms with van der Waals surface area (Å²) in [6.45, 7) is 3.80. The average Bonchev–Trinajstić information content (AvgIpc) is 2.93. The first-order valence-corrected chi connectivity index (χ1v) is 10.3. The van der Waals surface area contributed by atoms with E-state index in [1.165, 1.54) is 11.1 Å². The first kappa shape index (κ1) is 20.1. The first-order chi connectivity index (χ1) is 14.4. The Kier molecular flexibility index (Phi) is 5.31. The molecule has 3 aromatic carbocycles. The van der Waals surface area contributed by atoms with Crippen LogP contribution in [0.2, 0.25) is 0 Å². The molecule has 30 heavy (non-hydrogen) atoms. The van der Waals surface area contributed by atoms with E-state index in [-0.39, 0.29) is 5.91 Å². The molecule has 4 nitrogen and oxygen atoms in total. The Hall–Kier alpha value is -3.18. The summed E-state index contributed by atoms with van der Waals surface area (Å²) in [5.74, 6) is 0.720. The van der Waals surface area contributed by atoms with Gasteiger partial charge in [-0.15, -0.1) is 0 Å². The van der Waals surface area contributed by atoms with Crippen LogP contribution in [0.5, 0.6) is 5.75 Å². The van der Waals surface area contributed by atoms with Crippen LogP contribution in [-0.4, -0.2) is 23.7 Å². The molecular weight excluding hydrogens is 392 g/mol. The molecule has 3 aromatic rings. The Balaban J connectivity index is 1.61. The predicted molar refractivity (Wildman–Crippen MR) is 125 cm³/mol. The van der Waals surface area contributed by atoms with Crippen molar-refractivity contribution < 1.29 is 9.53 Å². The number of thiocarbonyl (C=S) groups is 1. The molecule has 0 N–H and O–H groups in total. The van der Waals surface area contributed by atoms with Gasteiger partial charge in [-0.1, -0.05) is 42.5 Å². The zero-order chi connectivity index (χ0) is 21.3. The molecule has 0 radical (unpaired) electrons. The van der Waals surface area contributed by atoms with Gasteiger partial charge in [-0.05, 0) is 80.0 Å². The molecule has 152 valence electrons. The van der Waals surface area contributed by atoms with Crippen LogP contribution in [0.15, 0.2) is 78.9 Å². The third kappa shape index (κ3) is 3.57. The van der Waals surface area contributed by atoms with E-state index in [4.69, 9.17) is 17.0 Å². The summed E-state index contributed by atoms with van der Waals surface area (Å²) in [7, 11) is 1.63. The highest BCUT2D eigenvalue weighted by Crippen LogP contribution is 2.37. The third-order valence-corrected chi connectivity index (χ3v) is 5.81. The molecule has 1 heterocycles. The molecule has 0 spiro atoms. The van der Waals surface area contributed by atoms with Crippen molar-refractivity contribution >= 4 is 34.6 Å². The third-order valence-electron chi connectivity index (χ3n) is 5.44. The average molecular weight is 417 g/mol. The summed E-state index contributed by atoms with van der Waals surface area (Å²) >= 11 is 5.75. The number of ether oxygens (including phenoxy) is 1. The molecule has 0 aliphatic carbocycles. The van der Waals surface area contributed by atoms with Crippen LogP contribution in [0.4, 0.5) is 11.4 Å². The molecular formula is C25H24N2O2S. The monoisotopic (exact) mass is 416 g/mol. The van der Waals surface area contributed by atoms with Crippen molar-refractivity contribution in [3.8, 4) is 5.75 Å². The van der Waals surface area contributed by atoms with Gasteiger partial charge in [-0.2, -0.15) is 0 Å². The Morgan fingerprint density at radius 2 is 1.40 bits per heavy atom. The van der Waals surface area contributed by atoms with Gasteiger partial charge in [-0.25, -0.2) is 0 Å². The highest BCUT2D eigenvalue weighted by molar-refractivity contribution is 7.81. The van der Waals surface area contributed by atoms with E-state index in [0.29, 0.717) is 5.11 Å². The molecule has 1 aliphatic rings. The molecule has 1 amide bonds. The van der Waals surface area contributed by atoms with Gasteiger partial charge < -0.3 is 9.64 Å². The number of carbonyl (C=O) groups excluding carboxylic acids is 1. The number of rotatable bonds is 5. The Bertz CT molecular complexity index is 1060. The minimum atomic E-state index is -0.783. The molecule has 0 aromatic heterocycles. The van der Waals surface area contributed by atoms with Gasteiger partial charge >= 0.3 is 0 Å². The standard InChI is InChI=1S/C25H24N2O2S/c1-25(2)23(28)26(24(30)27(25)21-13-15-22(29-3)16-14-21)20-11-9-19(10-12-20)17-18-7-5-4-6-8-18/h4-16H,17H2,1-3H3. The minimum absolute atomic E-state index is 0.0425. The van der Waals surface area contributed by atoms with Crippen molar-refractivity contribution in [2.75, 3.05) is 16.9 Å². The largest absolute Gasteiger partial charge is 0.497 e. The quantitative estimate of drug-likeness (QED) is 0.535. The van der Waals surface area contributed by atoms with E-state index in [1.807, 2.05) is 73.3 Å². The van der Waals surface area contributed by atoms with E-state index in [9.17, 15) is 4.79 Å². The molecule has 0 bridgehead atoms. The summed E-state index contributed by atoms with van der Waals surface area (Å²) in [4.78, 5) is 16.8. The van der Waals surface area contributed by atoms with Crippen LogP contribution in [0.3, 0.4) is 0 Å². The van der Waals surface area contributed by atoms with Crippen molar-refractivity contribution in [3.63, 3.8) is 0 Å². The number of amides is 1. The predicted octanol–water partition coefficient (Wildman–Crippen LogP) is 5.20. The summed E-state index contributed by atoms with van der Waals surface area (Å²) in [5.41, 5.74) is 3.31. The van der Waals surface area contributed by atoms with Crippen LogP contribution in [0.1, 0.15) is 25.0 Å². The molecule has 1 aliphatic heterocycles. The van der Waals surface area contributed by atoms with Gasteiger partial charge in [0, 0.05) is 5.69 Å². The lowest BCUT2D eigenvalue weighted by molar-refractivity contribution is -0.120. The number of methoxy groups -OCH3 is 1. The van der Waals surface area contributed by atoms with E-state index in [2.05, 4.69) is 24.3 Å². The van der Waals surface area contributed by atoms with Gasteiger partial charge in [0.25, 0.3) is 5.91 Å². The Labute approximate surface area is 182 Å². The van der Waals surface area contributed by atoms with Crippen LogP contribution >= 0.6 is 12.2 Å². The van der Waals surface area contributed by atoms with Gasteiger partial charge in [0.05, 0.1) is 12.8 Å². The second kappa shape index (κ2) is 7.92. The number of hydrogen-bond acceptors (Lipinski definition) is 3. The lowest BCUT2D eigenvalue weighted by atomic mass is 10.0. The van der Waals surface area contributed by atoms with Crippen molar-refractivity contribution in [3.05, 3.63) is 90.0 Å². The van der Waals surface area contributed by atoms with Crippen LogP contribution in [-0.2, 0) is 11.2 Å². The van der Waals surface area contributed by atoms with Crippen LogP contribution in [0, 0.1) is 0 Å². The lowest BCUT2D eigenvalue weighted by Crippen LogP contribution is -2.44. The molecule has 0 atom stereocenters. The number of benzene rings is 3. The lowest BCUT2D eigenvalue weighted by Gasteiger charge is -2.29. The maximum absolute atomic E-state index is 13.3. The molecule has 4 rings (SSSR count). The maximum atomic E-state index is 13.3. The molecule has 1 saturated heterocycles. The van der Waals surface area contributed by atoms with Crippen molar-refractivity contribution in [1.29, 1.82) is 0 Å². The molecule has 5 heteroatoms. The van der Waals surface area contributed by atoms with Crippen molar-refractivity contribution in [2.45, 2.75) is 25.8 Å². The van der Waals surface area contributed by atoms with Crippen LogP contribution < -0.4 is 14.5 Å². The van der Waals surface area contributed by atoms with E-state index in [1.54, 1.807) is 12.0 Å². The number of nitrogens with zero attached hydrogens (tertiary/aromatic N) is 2. The second-order valence-corrected chi connectivity index (χ2v) is 8.21. The van der Waals surface area contributed by atoms with Crippen molar-refractivity contribution in [2.24, 2.45) is 0 Å². The number of anilines is 2. The number of hydrogen-bond donors (Lipinski definition) is 0. The molecule has 0 unspecified atom stereocenters. The highest BCUT2D eigenvalue weighted by Gasteiger charge is 2.50. The first-order valence-electron chi connectivity index (χ1n) is 9.87. The van der Waals surface area contributed by atoms with E-state index < -0.39 is 5.54 Å². The second-order valence-electron chi connectivity index (χ2n) is 7.84. The van der Waals surface area contributed by atoms with Gasteiger partial charge in [-0.3, -0.25) is 9.69 Å². The fourth-order valence-electron chi connectivity index (χ4n) is 3.78. The smallest absolute Gasteiger partial charge is 0.259 e. The summed E-state index contributed by atoms with van der Waals surface area (Å²) in [6, 6.07) is 26.0. The topological polar surface area (TPSA) is 32.8 Å². The van der Waals surface area contributed by atoms with E-state index >= 15 is 0 Å². The van der Waals surface area contributed by atoms with Gasteiger partial charge in [0.2, 0.25) is 0 Å². The zero-order valence-electron chi connectivity index (χ0n) is 17.3. The zero-order valence-corrected chi connectivity index (χ0v) is 18.1. The summed E-state index contributed by atoms with van der Waals surface area (Å²) < 4.78 is 5.25. The molecule has 0 saturated carbocycles. The van der Waals surface area contributed by atoms with Crippen LogP contribution in [0.25, 0.3) is 0 Å². The minimum Gasteiger partial charge on any atom is -0.497 e. The fourth-order valence-corrected chi connectivity index (χ4v) is 4.30. The Morgan fingerprint density at radius 1 is 0.833 bits per heavy atom. The molecule has 1 fully saturated rings. The van der Waals surface area contributed by atoms with E-state index in [0.717, 1.165) is 23.5 Å². The van der Waals surface area contributed by atoms with Crippen molar-refractivity contribution in [1.82, 2.24) is 0 Å². The highest BCUT2D eigenvalue weighted by atomic mass is 32.1. The van der Waals surface area contributed by atoms with Gasteiger partial charge in [0.15, 0.2) is 5.11 Å². The van der Waals surface area contributed by atoms with Gasteiger partial charge in [0.1, 0.15) is 11.3 Å².